The number of hydrogen-bond acceptors (Lipinski definition) is 3. The molecule has 1 aromatic carbocycles. The van der Waals surface area contributed by atoms with E-state index in [0.717, 1.165) is 38.0 Å². The predicted molar refractivity (Wildman–Crippen MR) is 88.2 cm³/mol. The van der Waals surface area contributed by atoms with E-state index in [0.29, 0.717) is 11.6 Å². The first-order valence-corrected chi connectivity index (χ1v) is 7.90. The molecule has 21 heavy (non-hydrogen) atoms. The number of thiocarbonyl (C=S) groups is 1. The van der Waals surface area contributed by atoms with Crippen LogP contribution in [0, 0.1) is 5.82 Å². The maximum absolute atomic E-state index is 13.9. The lowest BCUT2D eigenvalue weighted by molar-refractivity contribution is -0.0864. The Balaban J connectivity index is 2.08. The summed E-state index contributed by atoms with van der Waals surface area (Å²) in [6.07, 6.45) is 3.87. The number of rotatable bonds is 5. The largest absolute Gasteiger partial charge is 0.389 e. The van der Waals surface area contributed by atoms with E-state index in [9.17, 15) is 4.39 Å². The molecule has 0 bridgehead atoms. The molecule has 1 atom stereocenters. The summed E-state index contributed by atoms with van der Waals surface area (Å²) in [5, 5.41) is 3.41. The van der Waals surface area contributed by atoms with Crippen LogP contribution in [-0.2, 0) is 4.74 Å². The number of nitrogens with one attached hydrogen (secondary N) is 1. The van der Waals surface area contributed by atoms with Gasteiger partial charge in [-0.05, 0) is 43.9 Å². The van der Waals surface area contributed by atoms with Gasteiger partial charge >= 0.3 is 0 Å². The second kappa shape index (κ2) is 6.71. The van der Waals surface area contributed by atoms with Gasteiger partial charge < -0.3 is 15.8 Å². The summed E-state index contributed by atoms with van der Waals surface area (Å²) < 4.78 is 19.9. The number of hydrogen-bond donors (Lipinski definition) is 2. The van der Waals surface area contributed by atoms with Crippen LogP contribution in [0.2, 0.25) is 0 Å². The lowest BCUT2D eigenvalue weighted by Crippen LogP contribution is -2.43. The van der Waals surface area contributed by atoms with Crippen LogP contribution in [0.15, 0.2) is 18.2 Å². The van der Waals surface area contributed by atoms with Gasteiger partial charge in [-0.1, -0.05) is 26.1 Å². The molecule has 5 heteroatoms. The SMILES string of the molecule is CCC1(CC)CC(Nc2ccc(C(N)=S)c(F)c2)CCO1. The highest BCUT2D eigenvalue weighted by Crippen LogP contribution is 2.32. The number of ether oxygens (including phenoxy) is 1. The minimum atomic E-state index is -0.378. The molecule has 2 rings (SSSR count). The summed E-state index contributed by atoms with van der Waals surface area (Å²) in [4.78, 5) is 0.0844. The zero-order valence-electron chi connectivity index (χ0n) is 12.6. The van der Waals surface area contributed by atoms with Crippen molar-refractivity contribution in [1.82, 2.24) is 0 Å². The lowest BCUT2D eigenvalue weighted by atomic mass is 9.86. The van der Waals surface area contributed by atoms with Gasteiger partial charge in [0.05, 0.1) is 5.60 Å². The van der Waals surface area contributed by atoms with Gasteiger partial charge in [0, 0.05) is 23.9 Å². The van der Waals surface area contributed by atoms with E-state index < -0.39 is 0 Å². The summed E-state index contributed by atoms with van der Waals surface area (Å²) in [6.45, 7) is 5.05. The second-order valence-corrected chi connectivity index (χ2v) is 6.07. The predicted octanol–water partition coefficient (Wildman–Crippen LogP) is 3.61. The highest BCUT2D eigenvalue weighted by Gasteiger charge is 2.34. The topological polar surface area (TPSA) is 47.3 Å². The van der Waals surface area contributed by atoms with Crippen LogP contribution in [0.1, 0.15) is 45.1 Å². The van der Waals surface area contributed by atoms with Crippen molar-refractivity contribution in [2.24, 2.45) is 5.73 Å². The number of benzene rings is 1. The molecule has 116 valence electrons. The van der Waals surface area contributed by atoms with Crippen molar-refractivity contribution in [1.29, 1.82) is 0 Å². The van der Waals surface area contributed by atoms with Crippen LogP contribution >= 0.6 is 12.2 Å². The average Bonchev–Trinajstić information content (AvgIpc) is 2.47. The maximum Gasteiger partial charge on any atom is 0.135 e. The Labute approximate surface area is 131 Å². The van der Waals surface area contributed by atoms with Gasteiger partial charge in [0.1, 0.15) is 10.8 Å². The molecule has 0 aromatic heterocycles. The van der Waals surface area contributed by atoms with Gasteiger partial charge in [-0.15, -0.1) is 0 Å². The zero-order valence-corrected chi connectivity index (χ0v) is 13.4. The Bertz CT molecular complexity index is 517. The quantitative estimate of drug-likeness (QED) is 0.816. The molecule has 3 nitrogen and oxygen atoms in total. The van der Waals surface area contributed by atoms with Crippen LogP contribution < -0.4 is 11.1 Å². The number of nitrogens with two attached hydrogens (primary N) is 1. The molecular formula is C16H23FN2OS. The molecule has 0 aliphatic carbocycles. The van der Waals surface area contributed by atoms with E-state index in [1.807, 2.05) is 6.07 Å². The first-order valence-electron chi connectivity index (χ1n) is 7.49. The highest BCUT2D eigenvalue weighted by molar-refractivity contribution is 7.80. The fraction of sp³-hybridized carbons (Fsp3) is 0.562. The molecule has 1 aliphatic rings. The first kappa shape index (κ1) is 16.2. The third-order valence-electron chi connectivity index (χ3n) is 4.39. The van der Waals surface area contributed by atoms with Gasteiger partial charge in [0.2, 0.25) is 0 Å². The third-order valence-corrected chi connectivity index (χ3v) is 4.61. The fourth-order valence-corrected chi connectivity index (χ4v) is 3.10. The molecular weight excluding hydrogens is 287 g/mol. The summed E-state index contributed by atoms with van der Waals surface area (Å²) >= 11 is 4.82. The Morgan fingerprint density at radius 1 is 1.48 bits per heavy atom. The summed E-state index contributed by atoms with van der Waals surface area (Å²) in [5.74, 6) is -0.378. The molecule has 1 fully saturated rings. The standard InChI is InChI=1S/C16H23FN2OS/c1-3-16(4-2)10-12(7-8-20-16)19-11-5-6-13(15(18)21)14(17)9-11/h5-6,9,12,19H,3-4,7-8,10H2,1-2H3,(H2,18,21). The van der Waals surface area contributed by atoms with Gasteiger partial charge in [-0.25, -0.2) is 4.39 Å². The number of anilines is 1. The average molecular weight is 310 g/mol. The molecule has 0 saturated carbocycles. The maximum atomic E-state index is 13.9. The molecule has 1 aliphatic heterocycles. The van der Waals surface area contributed by atoms with E-state index in [4.69, 9.17) is 22.7 Å². The smallest absolute Gasteiger partial charge is 0.135 e. The molecule has 1 unspecified atom stereocenters. The van der Waals surface area contributed by atoms with E-state index >= 15 is 0 Å². The van der Waals surface area contributed by atoms with Gasteiger partial charge in [-0.3, -0.25) is 0 Å². The monoisotopic (exact) mass is 310 g/mol. The van der Waals surface area contributed by atoms with E-state index in [2.05, 4.69) is 19.2 Å². The van der Waals surface area contributed by atoms with Crippen molar-refractivity contribution < 1.29 is 9.13 Å². The zero-order chi connectivity index (χ0) is 15.5. The Hall–Kier alpha value is -1.20. The summed E-state index contributed by atoms with van der Waals surface area (Å²) in [7, 11) is 0. The van der Waals surface area contributed by atoms with Crippen molar-refractivity contribution in [3.63, 3.8) is 0 Å². The van der Waals surface area contributed by atoms with Crippen LogP contribution in [0.4, 0.5) is 10.1 Å². The van der Waals surface area contributed by atoms with Crippen LogP contribution in [0.25, 0.3) is 0 Å². The second-order valence-electron chi connectivity index (χ2n) is 5.63. The Morgan fingerprint density at radius 3 is 2.76 bits per heavy atom. The van der Waals surface area contributed by atoms with E-state index in [1.165, 1.54) is 6.07 Å². The van der Waals surface area contributed by atoms with Gasteiger partial charge in [-0.2, -0.15) is 0 Å². The van der Waals surface area contributed by atoms with Crippen molar-refractivity contribution in [2.45, 2.75) is 51.2 Å². The van der Waals surface area contributed by atoms with Crippen molar-refractivity contribution in [2.75, 3.05) is 11.9 Å². The molecule has 3 N–H and O–H groups in total. The summed E-state index contributed by atoms with van der Waals surface area (Å²) in [6, 6.07) is 5.22. The van der Waals surface area contributed by atoms with Crippen molar-refractivity contribution >= 4 is 22.9 Å². The molecule has 1 heterocycles. The van der Waals surface area contributed by atoms with Crippen LogP contribution in [0.3, 0.4) is 0 Å². The first-order chi connectivity index (χ1) is 9.99. The van der Waals surface area contributed by atoms with Crippen LogP contribution in [-0.4, -0.2) is 23.2 Å². The molecule has 0 amide bonds. The molecule has 1 saturated heterocycles. The number of halogens is 1. The van der Waals surface area contributed by atoms with Crippen molar-refractivity contribution in [3.8, 4) is 0 Å². The molecule has 0 spiro atoms. The van der Waals surface area contributed by atoms with E-state index in [1.54, 1.807) is 6.07 Å². The van der Waals surface area contributed by atoms with Crippen molar-refractivity contribution in [3.05, 3.63) is 29.6 Å². The third kappa shape index (κ3) is 3.71. The molecule has 1 aromatic rings. The van der Waals surface area contributed by atoms with Gasteiger partial charge in [0.15, 0.2) is 0 Å². The Kier molecular flexibility index (Phi) is 5.17. The normalized spacial score (nSPS) is 21.0. The van der Waals surface area contributed by atoms with Gasteiger partial charge in [0.25, 0.3) is 0 Å². The van der Waals surface area contributed by atoms with E-state index in [-0.39, 0.29) is 16.4 Å². The highest BCUT2D eigenvalue weighted by atomic mass is 32.1. The fourth-order valence-electron chi connectivity index (χ4n) is 2.93. The minimum Gasteiger partial charge on any atom is -0.389 e. The Morgan fingerprint density at radius 2 is 2.19 bits per heavy atom. The lowest BCUT2D eigenvalue weighted by Gasteiger charge is -2.40. The molecule has 0 radical (unpaired) electrons. The van der Waals surface area contributed by atoms with Crippen LogP contribution in [0.5, 0.6) is 0 Å². The summed E-state index contributed by atoms with van der Waals surface area (Å²) in [5.41, 5.74) is 6.48. The minimum absolute atomic E-state index is 0.0484.